The van der Waals surface area contributed by atoms with Crippen molar-refractivity contribution < 1.29 is 16.8 Å². The Balaban J connectivity index is 1.42. The molecular formula is C50H42N2O4S2. The molecular weight excluding hydrogens is 757 g/mol. The first kappa shape index (κ1) is 38.8. The van der Waals surface area contributed by atoms with Crippen molar-refractivity contribution in [3.63, 3.8) is 0 Å². The summed E-state index contributed by atoms with van der Waals surface area (Å²) < 4.78 is 61.8. The molecule has 8 rings (SSSR count). The molecule has 0 radical (unpaired) electrons. The van der Waals surface area contributed by atoms with E-state index in [4.69, 9.17) is 0 Å². The topological polar surface area (TPSA) is 74.8 Å². The van der Waals surface area contributed by atoms with Crippen molar-refractivity contribution in [2.45, 2.75) is 43.3 Å². The Kier molecular flexibility index (Phi) is 11.0. The van der Waals surface area contributed by atoms with E-state index in [-0.39, 0.29) is 36.0 Å². The molecule has 0 fully saturated rings. The SMILES string of the molecule is Cc1ccc(S(=O)(=O)N2Cc3c(c(-c4ccccc4)c(-c4ccccc4)c(CN(CC#Cc4ccccc4)S(=O)(=O)c4ccc(C)cc4)c3-c3ccccc3)C2)cc1. The lowest BCUT2D eigenvalue weighted by atomic mass is 9.80. The van der Waals surface area contributed by atoms with Crippen LogP contribution < -0.4 is 0 Å². The van der Waals surface area contributed by atoms with E-state index in [1.807, 2.05) is 147 Å². The summed E-state index contributed by atoms with van der Waals surface area (Å²) in [5, 5.41) is 0. The number of hydrogen-bond acceptors (Lipinski definition) is 4. The van der Waals surface area contributed by atoms with Crippen LogP contribution in [0.25, 0.3) is 33.4 Å². The summed E-state index contributed by atoms with van der Waals surface area (Å²) in [6.45, 7) is 3.99. The second-order valence-electron chi connectivity index (χ2n) is 14.5. The minimum absolute atomic E-state index is 0.0358. The molecule has 0 saturated carbocycles. The van der Waals surface area contributed by atoms with Gasteiger partial charge in [-0.15, -0.1) is 0 Å². The van der Waals surface area contributed by atoms with Crippen molar-refractivity contribution >= 4 is 20.0 Å². The molecule has 0 aliphatic carbocycles. The van der Waals surface area contributed by atoms with Gasteiger partial charge in [-0.05, 0) is 100 Å². The average molecular weight is 799 g/mol. The zero-order chi connectivity index (χ0) is 40.3. The number of hydrogen-bond donors (Lipinski definition) is 0. The van der Waals surface area contributed by atoms with Gasteiger partial charge in [-0.3, -0.25) is 0 Å². The van der Waals surface area contributed by atoms with Crippen LogP contribution in [0.1, 0.15) is 33.4 Å². The van der Waals surface area contributed by atoms with Gasteiger partial charge < -0.3 is 0 Å². The normalized spacial score (nSPS) is 12.9. The molecule has 7 aromatic rings. The summed E-state index contributed by atoms with van der Waals surface area (Å²) in [6.07, 6.45) is 0. The second-order valence-corrected chi connectivity index (χ2v) is 18.4. The largest absolute Gasteiger partial charge is 0.244 e. The van der Waals surface area contributed by atoms with Crippen LogP contribution in [0, 0.1) is 25.7 Å². The molecule has 0 unspecified atom stereocenters. The highest BCUT2D eigenvalue weighted by Crippen LogP contribution is 2.49. The van der Waals surface area contributed by atoms with Gasteiger partial charge in [-0.1, -0.05) is 156 Å². The molecule has 1 heterocycles. The van der Waals surface area contributed by atoms with E-state index in [1.54, 1.807) is 40.7 Å². The van der Waals surface area contributed by atoms with Gasteiger partial charge in [0.05, 0.1) is 16.3 Å². The first-order chi connectivity index (χ1) is 28.1. The molecule has 0 bridgehead atoms. The molecule has 58 heavy (non-hydrogen) atoms. The van der Waals surface area contributed by atoms with Gasteiger partial charge >= 0.3 is 0 Å². The Bertz CT molecular complexity index is 2860. The Morgan fingerprint density at radius 1 is 0.517 bits per heavy atom. The summed E-state index contributed by atoms with van der Waals surface area (Å²) in [7, 11) is -8.04. The lowest BCUT2D eigenvalue weighted by molar-refractivity contribution is 0.432. The maximum Gasteiger partial charge on any atom is 0.244 e. The number of sulfonamides is 2. The van der Waals surface area contributed by atoms with Crippen LogP contribution in [0.3, 0.4) is 0 Å². The van der Waals surface area contributed by atoms with Gasteiger partial charge in [-0.25, -0.2) is 16.8 Å². The lowest BCUT2D eigenvalue weighted by Crippen LogP contribution is -2.32. The maximum absolute atomic E-state index is 14.9. The molecule has 0 spiro atoms. The van der Waals surface area contributed by atoms with E-state index in [0.29, 0.717) is 0 Å². The lowest BCUT2D eigenvalue weighted by Gasteiger charge is -2.28. The predicted molar refractivity (Wildman–Crippen MR) is 232 cm³/mol. The molecule has 0 saturated heterocycles. The van der Waals surface area contributed by atoms with Gasteiger partial charge in [0.15, 0.2) is 0 Å². The number of benzene rings is 7. The van der Waals surface area contributed by atoms with E-state index in [0.717, 1.165) is 66.8 Å². The molecule has 6 nitrogen and oxygen atoms in total. The van der Waals surface area contributed by atoms with Gasteiger partial charge in [-0.2, -0.15) is 8.61 Å². The Labute approximate surface area is 342 Å². The molecule has 288 valence electrons. The smallest absolute Gasteiger partial charge is 0.207 e. The first-order valence-corrected chi connectivity index (χ1v) is 22.0. The summed E-state index contributed by atoms with van der Waals surface area (Å²) in [5.74, 6) is 6.36. The second kappa shape index (κ2) is 16.4. The summed E-state index contributed by atoms with van der Waals surface area (Å²) in [4.78, 5) is 0.395. The van der Waals surface area contributed by atoms with Crippen LogP contribution in [-0.2, 0) is 39.7 Å². The van der Waals surface area contributed by atoms with E-state index in [9.17, 15) is 16.8 Å². The van der Waals surface area contributed by atoms with Crippen molar-refractivity contribution in [1.29, 1.82) is 0 Å². The average Bonchev–Trinajstić information content (AvgIpc) is 3.70. The summed E-state index contributed by atoms with van der Waals surface area (Å²) >= 11 is 0. The van der Waals surface area contributed by atoms with Crippen LogP contribution in [0.5, 0.6) is 0 Å². The third kappa shape index (κ3) is 7.78. The Hall–Kier alpha value is -6.08. The third-order valence-electron chi connectivity index (χ3n) is 10.6. The molecule has 0 atom stereocenters. The summed E-state index contributed by atoms with van der Waals surface area (Å²) in [5.41, 5.74) is 10.4. The number of rotatable bonds is 10. The van der Waals surface area contributed by atoms with Crippen LogP contribution in [-0.4, -0.2) is 32.0 Å². The highest BCUT2D eigenvalue weighted by Gasteiger charge is 2.38. The van der Waals surface area contributed by atoms with Gasteiger partial charge in [0.1, 0.15) is 0 Å². The highest BCUT2D eigenvalue weighted by molar-refractivity contribution is 7.89. The number of nitrogens with zero attached hydrogens (tertiary/aromatic N) is 2. The molecule has 7 aromatic carbocycles. The van der Waals surface area contributed by atoms with Crippen LogP contribution in [0.15, 0.2) is 180 Å². The zero-order valence-corrected chi connectivity index (χ0v) is 34.0. The Morgan fingerprint density at radius 3 is 1.47 bits per heavy atom. The van der Waals surface area contributed by atoms with E-state index >= 15 is 0 Å². The van der Waals surface area contributed by atoms with Crippen LogP contribution in [0.4, 0.5) is 0 Å². The Morgan fingerprint density at radius 2 is 0.948 bits per heavy atom. The molecule has 0 N–H and O–H groups in total. The monoisotopic (exact) mass is 798 g/mol. The van der Waals surface area contributed by atoms with Crippen LogP contribution >= 0.6 is 0 Å². The zero-order valence-electron chi connectivity index (χ0n) is 32.3. The quantitative estimate of drug-likeness (QED) is 0.129. The minimum atomic E-state index is -4.11. The third-order valence-corrected chi connectivity index (χ3v) is 14.2. The van der Waals surface area contributed by atoms with Gasteiger partial charge in [0, 0.05) is 25.2 Å². The molecule has 1 aliphatic rings. The predicted octanol–water partition coefficient (Wildman–Crippen LogP) is 10.3. The van der Waals surface area contributed by atoms with Crippen molar-refractivity contribution in [1.82, 2.24) is 8.61 Å². The molecule has 8 heteroatoms. The highest BCUT2D eigenvalue weighted by atomic mass is 32.2. The van der Waals surface area contributed by atoms with Crippen LogP contribution in [0.2, 0.25) is 0 Å². The fraction of sp³-hybridized carbons (Fsp3) is 0.120. The van der Waals surface area contributed by atoms with Gasteiger partial charge in [0.2, 0.25) is 20.0 Å². The van der Waals surface area contributed by atoms with Crippen molar-refractivity contribution in [3.05, 3.63) is 203 Å². The van der Waals surface area contributed by atoms with Crippen molar-refractivity contribution in [2.24, 2.45) is 0 Å². The standard InChI is InChI=1S/C50H42N2O4S2/c1-37-25-29-43(30-26-37)57(53,54)51(33-15-18-39-16-7-3-8-17-39)36-47-48(40-19-9-4-10-20-40)45-34-52(58(55,56)44-31-27-38(2)28-32-44)35-46(45)49(41-21-11-5-12-22-41)50(47)42-23-13-6-14-24-42/h3-14,16-17,19-32H,33-36H2,1-2H3. The van der Waals surface area contributed by atoms with Crippen molar-refractivity contribution in [2.75, 3.05) is 6.54 Å². The number of fused-ring (bicyclic) bond motifs is 1. The fourth-order valence-electron chi connectivity index (χ4n) is 7.67. The fourth-order valence-corrected chi connectivity index (χ4v) is 10.4. The van der Waals surface area contributed by atoms with E-state index in [2.05, 4.69) is 11.8 Å². The minimum Gasteiger partial charge on any atom is -0.207 e. The van der Waals surface area contributed by atoms with Gasteiger partial charge in [0.25, 0.3) is 0 Å². The molecule has 0 aromatic heterocycles. The van der Waals surface area contributed by atoms with E-state index in [1.165, 1.54) is 4.31 Å². The molecule has 1 aliphatic heterocycles. The molecule has 0 amide bonds. The van der Waals surface area contributed by atoms with E-state index < -0.39 is 20.0 Å². The van der Waals surface area contributed by atoms with Crippen molar-refractivity contribution in [3.8, 4) is 45.2 Å². The number of aryl methyl sites for hydroxylation is 2. The first-order valence-electron chi connectivity index (χ1n) is 19.2. The maximum atomic E-state index is 14.9. The summed E-state index contributed by atoms with van der Waals surface area (Å²) in [6, 6.07) is 53.2.